The van der Waals surface area contributed by atoms with Gasteiger partial charge in [0.25, 0.3) is 0 Å². The summed E-state index contributed by atoms with van der Waals surface area (Å²) in [5.74, 6) is 0. The van der Waals surface area contributed by atoms with E-state index in [0.29, 0.717) is 19.1 Å². The molecule has 0 amide bonds. The van der Waals surface area contributed by atoms with Gasteiger partial charge in [-0.3, -0.25) is 9.88 Å². The number of likely N-dealkylation sites (tertiary alicyclic amines) is 1. The molecule has 0 N–H and O–H groups in total. The highest BCUT2D eigenvalue weighted by molar-refractivity contribution is 7.89. The summed E-state index contributed by atoms with van der Waals surface area (Å²) in [6.45, 7) is 3.31. The van der Waals surface area contributed by atoms with Gasteiger partial charge in [0.1, 0.15) is 4.90 Å². The quantitative estimate of drug-likeness (QED) is 0.851. The minimum atomic E-state index is -3.53. The van der Waals surface area contributed by atoms with Crippen LogP contribution < -0.4 is 0 Å². The molecule has 5 nitrogen and oxygen atoms in total. The van der Waals surface area contributed by atoms with Gasteiger partial charge in [-0.1, -0.05) is 18.0 Å². The van der Waals surface area contributed by atoms with Crippen molar-refractivity contribution in [3.05, 3.63) is 23.5 Å². The van der Waals surface area contributed by atoms with Gasteiger partial charge in [-0.2, -0.15) is 4.31 Å². The monoisotopic (exact) mass is 329 g/mol. The first kappa shape index (κ1) is 15.2. The fourth-order valence-corrected chi connectivity index (χ4v) is 5.10. The van der Waals surface area contributed by atoms with Crippen LogP contribution in [0, 0.1) is 0 Å². The van der Waals surface area contributed by atoms with Crippen LogP contribution in [0.25, 0.3) is 0 Å². The first-order valence-corrected chi connectivity index (χ1v) is 9.24. The summed E-state index contributed by atoms with van der Waals surface area (Å²) in [7, 11) is -3.53. The molecule has 0 spiro atoms. The molecule has 3 rings (SSSR count). The Morgan fingerprint density at radius 3 is 2.67 bits per heavy atom. The van der Waals surface area contributed by atoms with Crippen LogP contribution in [-0.2, 0) is 10.0 Å². The molecule has 21 heavy (non-hydrogen) atoms. The Bertz CT molecular complexity index is 602. The number of aromatic nitrogens is 1. The van der Waals surface area contributed by atoms with E-state index in [0.717, 1.165) is 19.5 Å². The van der Waals surface area contributed by atoms with Crippen LogP contribution in [0.5, 0.6) is 0 Å². The number of piperidine rings is 1. The van der Waals surface area contributed by atoms with Crippen LogP contribution in [0.3, 0.4) is 0 Å². The lowest BCUT2D eigenvalue weighted by molar-refractivity contribution is 0.169. The molecular formula is C14H20ClN3O2S. The molecular weight excluding hydrogens is 310 g/mol. The minimum Gasteiger partial charge on any atom is -0.299 e. The molecule has 0 aliphatic carbocycles. The summed E-state index contributed by atoms with van der Waals surface area (Å²) >= 11 is 6.02. The molecule has 1 aromatic heterocycles. The Morgan fingerprint density at radius 1 is 1.19 bits per heavy atom. The van der Waals surface area contributed by atoms with Crippen LogP contribution in [0.4, 0.5) is 0 Å². The maximum absolute atomic E-state index is 12.7. The molecule has 2 aliphatic heterocycles. The Morgan fingerprint density at radius 2 is 1.95 bits per heavy atom. The molecule has 7 heteroatoms. The summed E-state index contributed by atoms with van der Waals surface area (Å²) in [6.07, 6.45) is 7.47. The van der Waals surface area contributed by atoms with E-state index < -0.39 is 10.0 Å². The van der Waals surface area contributed by atoms with Crippen LogP contribution >= 0.6 is 11.6 Å². The zero-order chi connectivity index (χ0) is 14.9. The lowest BCUT2D eigenvalue weighted by Gasteiger charge is -2.32. The van der Waals surface area contributed by atoms with Crippen molar-refractivity contribution in [3.63, 3.8) is 0 Å². The Hall–Kier alpha value is -0.690. The Kier molecular flexibility index (Phi) is 4.49. The standard InChI is InChI=1S/C14H20ClN3O2S/c15-13-4-6-16-10-14(13)21(19,20)18-9-5-12(11-18)17-7-2-1-3-8-17/h4,6,10,12H,1-3,5,7-9,11H2. The zero-order valence-corrected chi connectivity index (χ0v) is 13.5. The van der Waals surface area contributed by atoms with E-state index in [1.54, 1.807) is 4.31 Å². The number of nitrogens with zero attached hydrogens (tertiary/aromatic N) is 3. The molecule has 1 unspecified atom stereocenters. The van der Waals surface area contributed by atoms with Gasteiger partial charge in [0.2, 0.25) is 10.0 Å². The predicted octanol–water partition coefficient (Wildman–Crippen LogP) is 1.98. The predicted molar refractivity (Wildman–Crippen MR) is 81.8 cm³/mol. The average molecular weight is 330 g/mol. The van der Waals surface area contributed by atoms with E-state index >= 15 is 0 Å². The van der Waals surface area contributed by atoms with Gasteiger partial charge in [0.15, 0.2) is 0 Å². The number of rotatable bonds is 3. The fourth-order valence-electron chi connectivity index (χ4n) is 3.20. The number of halogens is 1. The Balaban J connectivity index is 1.74. The normalized spacial score (nSPS) is 25.3. The maximum atomic E-state index is 12.7. The van der Waals surface area contributed by atoms with Gasteiger partial charge in [-0.05, 0) is 38.4 Å². The van der Waals surface area contributed by atoms with E-state index in [1.807, 2.05) is 0 Å². The van der Waals surface area contributed by atoms with Gasteiger partial charge in [0.05, 0.1) is 5.02 Å². The van der Waals surface area contributed by atoms with Crippen LogP contribution in [0.15, 0.2) is 23.4 Å². The summed E-state index contributed by atoms with van der Waals surface area (Å²) in [5, 5.41) is 0.242. The van der Waals surface area contributed by atoms with Gasteiger partial charge in [-0.25, -0.2) is 8.42 Å². The van der Waals surface area contributed by atoms with Crippen molar-refractivity contribution in [2.75, 3.05) is 26.2 Å². The smallest absolute Gasteiger partial charge is 0.246 e. The van der Waals surface area contributed by atoms with Gasteiger partial charge < -0.3 is 0 Å². The number of sulfonamides is 1. The highest BCUT2D eigenvalue weighted by Gasteiger charge is 2.36. The average Bonchev–Trinajstić information content (AvgIpc) is 2.99. The lowest BCUT2D eigenvalue weighted by Crippen LogP contribution is -2.41. The van der Waals surface area contributed by atoms with Gasteiger partial charge in [0, 0.05) is 31.5 Å². The molecule has 2 aliphatic rings. The van der Waals surface area contributed by atoms with E-state index in [2.05, 4.69) is 9.88 Å². The second-order valence-electron chi connectivity index (χ2n) is 5.71. The third kappa shape index (κ3) is 3.08. The Labute approximate surface area is 131 Å². The third-order valence-electron chi connectivity index (χ3n) is 4.39. The highest BCUT2D eigenvalue weighted by atomic mass is 35.5. The second kappa shape index (κ2) is 6.20. The topological polar surface area (TPSA) is 53.5 Å². The van der Waals surface area contributed by atoms with Gasteiger partial charge >= 0.3 is 0 Å². The van der Waals surface area contributed by atoms with E-state index in [-0.39, 0.29) is 9.92 Å². The van der Waals surface area contributed by atoms with Crippen LogP contribution in [0.1, 0.15) is 25.7 Å². The van der Waals surface area contributed by atoms with Crippen LogP contribution in [-0.4, -0.2) is 54.8 Å². The summed E-state index contributed by atoms with van der Waals surface area (Å²) in [4.78, 5) is 6.44. The van der Waals surface area contributed by atoms with Crippen molar-refractivity contribution >= 4 is 21.6 Å². The first-order valence-electron chi connectivity index (χ1n) is 7.43. The number of hydrogen-bond acceptors (Lipinski definition) is 4. The van der Waals surface area contributed by atoms with Crippen molar-refractivity contribution in [3.8, 4) is 0 Å². The number of hydrogen-bond donors (Lipinski definition) is 0. The summed E-state index contributed by atoms with van der Waals surface area (Å²) < 4.78 is 26.9. The van der Waals surface area contributed by atoms with Crippen molar-refractivity contribution in [2.24, 2.45) is 0 Å². The molecule has 116 valence electrons. The summed E-state index contributed by atoms with van der Waals surface area (Å²) in [6, 6.07) is 1.86. The minimum absolute atomic E-state index is 0.117. The molecule has 0 aromatic carbocycles. The molecule has 2 fully saturated rings. The molecule has 0 saturated carbocycles. The maximum Gasteiger partial charge on any atom is 0.246 e. The zero-order valence-electron chi connectivity index (χ0n) is 11.9. The highest BCUT2D eigenvalue weighted by Crippen LogP contribution is 2.28. The number of pyridine rings is 1. The first-order chi connectivity index (χ1) is 10.1. The molecule has 1 aromatic rings. The molecule has 3 heterocycles. The SMILES string of the molecule is O=S(=O)(c1cnccc1Cl)N1CCC(N2CCCCC2)C1. The largest absolute Gasteiger partial charge is 0.299 e. The second-order valence-corrected chi connectivity index (χ2v) is 8.02. The van der Waals surface area contributed by atoms with E-state index in [4.69, 9.17) is 11.6 Å². The van der Waals surface area contributed by atoms with Gasteiger partial charge in [-0.15, -0.1) is 0 Å². The lowest BCUT2D eigenvalue weighted by atomic mass is 10.1. The van der Waals surface area contributed by atoms with Crippen molar-refractivity contribution in [1.29, 1.82) is 0 Å². The molecule has 0 radical (unpaired) electrons. The van der Waals surface area contributed by atoms with Crippen molar-refractivity contribution in [1.82, 2.24) is 14.2 Å². The van der Waals surface area contributed by atoms with Crippen molar-refractivity contribution in [2.45, 2.75) is 36.6 Å². The fraction of sp³-hybridized carbons (Fsp3) is 0.643. The molecule has 0 bridgehead atoms. The van der Waals surface area contributed by atoms with Crippen LogP contribution in [0.2, 0.25) is 5.02 Å². The molecule has 1 atom stereocenters. The summed E-state index contributed by atoms with van der Waals surface area (Å²) in [5.41, 5.74) is 0. The third-order valence-corrected chi connectivity index (χ3v) is 6.72. The van der Waals surface area contributed by atoms with E-state index in [1.165, 1.54) is 37.7 Å². The van der Waals surface area contributed by atoms with Crippen molar-refractivity contribution < 1.29 is 8.42 Å². The molecule has 2 saturated heterocycles. The van der Waals surface area contributed by atoms with E-state index in [9.17, 15) is 8.42 Å².